The third-order valence-electron chi connectivity index (χ3n) is 4.37. The SMILES string of the molecule is CCCC1CN(c2cn(C)nc2CC)C(C(C)C)CN1. The highest BCUT2D eigenvalue weighted by molar-refractivity contribution is 5.51. The van der Waals surface area contributed by atoms with E-state index in [1.54, 1.807) is 0 Å². The molecule has 1 aromatic heterocycles. The van der Waals surface area contributed by atoms with E-state index in [1.807, 2.05) is 11.7 Å². The van der Waals surface area contributed by atoms with Crippen molar-refractivity contribution < 1.29 is 0 Å². The van der Waals surface area contributed by atoms with Crippen molar-refractivity contribution in [2.45, 2.75) is 59.0 Å². The number of aryl methyl sites for hydroxylation is 2. The van der Waals surface area contributed by atoms with Crippen molar-refractivity contribution >= 4 is 5.69 Å². The summed E-state index contributed by atoms with van der Waals surface area (Å²) in [7, 11) is 2.03. The Labute approximate surface area is 123 Å². The van der Waals surface area contributed by atoms with Gasteiger partial charge in [0.2, 0.25) is 0 Å². The number of piperazine rings is 1. The number of hydrogen-bond acceptors (Lipinski definition) is 3. The van der Waals surface area contributed by atoms with Crippen LogP contribution < -0.4 is 10.2 Å². The third-order valence-corrected chi connectivity index (χ3v) is 4.37. The minimum absolute atomic E-state index is 0.567. The first-order valence-electron chi connectivity index (χ1n) is 8.09. The third kappa shape index (κ3) is 3.17. The standard InChI is InChI=1S/C16H30N4/c1-6-8-13-10-20(15(9-17-13)12(3)4)16-11-19(5)18-14(16)7-2/h11-13,15,17H,6-10H2,1-5H3. The van der Waals surface area contributed by atoms with Crippen LogP contribution in [0.2, 0.25) is 0 Å². The smallest absolute Gasteiger partial charge is 0.0855 e. The average molecular weight is 278 g/mol. The first-order valence-corrected chi connectivity index (χ1v) is 8.09. The molecule has 4 heteroatoms. The molecule has 114 valence electrons. The predicted molar refractivity (Wildman–Crippen MR) is 85.3 cm³/mol. The van der Waals surface area contributed by atoms with Crippen molar-refractivity contribution in [3.05, 3.63) is 11.9 Å². The van der Waals surface area contributed by atoms with Crippen LogP contribution in [0.4, 0.5) is 5.69 Å². The van der Waals surface area contributed by atoms with Crippen molar-refractivity contribution in [3.63, 3.8) is 0 Å². The molecule has 4 nitrogen and oxygen atoms in total. The Balaban J connectivity index is 2.26. The summed E-state index contributed by atoms with van der Waals surface area (Å²) in [5.74, 6) is 0.648. The van der Waals surface area contributed by atoms with Crippen molar-refractivity contribution in [2.75, 3.05) is 18.0 Å². The van der Waals surface area contributed by atoms with Gasteiger partial charge < -0.3 is 10.2 Å². The molecule has 20 heavy (non-hydrogen) atoms. The highest BCUT2D eigenvalue weighted by atomic mass is 15.3. The van der Waals surface area contributed by atoms with Gasteiger partial charge in [-0.1, -0.05) is 34.1 Å². The highest BCUT2D eigenvalue weighted by Crippen LogP contribution is 2.27. The Kier molecular flexibility index (Phi) is 5.08. The maximum absolute atomic E-state index is 4.62. The second-order valence-electron chi connectivity index (χ2n) is 6.35. The van der Waals surface area contributed by atoms with Crippen LogP contribution in [0.1, 0.15) is 46.2 Å². The van der Waals surface area contributed by atoms with Gasteiger partial charge in [0.1, 0.15) is 0 Å². The summed E-state index contributed by atoms with van der Waals surface area (Å²) in [4.78, 5) is 2.60. The zero-order valence-corrected chi connectivity index (χ0v) is 13.7. The molecule has 0 spiro atoms. The van der Waals surface area contributed by atoms with Crippen molar-refractivity contribution in [3.8, 4) is 0 Å². The van der Waals surface area contributed by atoms with Crippen LogP contribution in [-0.4, -0.2) is 35.0 Å². The lowest BCUT2D eigenvalue weighted by molar-refractivity contribution is 0.327. The molecule has 0 amide bonds. The molecule has 2 rings (SSSR count). The molecule has 1 N–H and O–H groups in total. The van der Waals surface area contributed by atoms with Crippen molar-refractivity contribution in [1.29, 1.82) is 0 Å². The van der Waals surface area contributed by atoms with Gasteiger partial charge in [-0.3, -0.25) is 4.68 Å². The molecule has 1 fully saturated rings. The van der Waals surface area contributed by atoms with Crippen LogP contribution in [0.3, 0.4) is 0 Å². The number of nitrogens with one attached hydrogen (secondary N) is 1. The summed E-state index contributed by atoms with van der Waals surface area (Å²) in [6, 6.07) is 1.18. The lowest BCUT2D eigenvalue weighted by Gasteiger charge is -2.43. The van der Waals surface area contributed by atoms with Gasteiger partial charge in [-0.25, -0.2) is 0 Å². The fraction of sp³-hybridized carbons (Fsp3) is 0.812. The molecule has 0 aromatic carbocycles. The first kappa shape index (κ1) is 15.4. The summed E-state index contributed by atoms with van der Waals surface area (Å²) in [6.45, 7) is 11.3. The van der Waals surface area contributed by atoms with E-state index in [0.29, 0.717) is 18.0 Å². The van der Waals surface area contributed by atoms with Crippen molar-refractivity contribution in [1.82, 2.24) is 15.1 Å². The van der Waals surface area contributed by atoms with Crippen LogP contribution in [0.5, 0.6) is 0 Å². The lowest BCUT2D eigenvalue weighted by Crippen LogP contribution is -2.58. The molecular weight excluding hydrogens is 248 g/mol. The van der Waals surface area contributed by atoms with Gasteiger partial charge in [0.25, 0.3) is 0 Å². The molecule has 2 heterocycles. The fourth-order valence-corrected chi connectivity index (χ4v) is 3.26. The molecule has 0 saturated carbocycles. The van der Waals surface area contributed by atoms with E-state index in [2.05, 4.69) is 49.2 Å². The van der Waals surface area contributed by atoms with Crippen LogP contribution in [0.15, 0.2) is 6.20 Å². The number of anilines is 1. The van der Waals surface area contributed by atoms with E-state index in [9.17, 15) is 0 Å². The molecule has 0 radical (unpaired) electrons. The molecule has 1 saturated heterocycles. The van der Waals surface area contributed by atoms with Crippen LogP contribution in [-0.2, 0) is 13.5 Å². The minimum Gasteiger partial charge on any atom is -0.363 e. The minimum atomic E-state index is 0.567. The summed E-state index contributed by atoms with van der Waals surface area (Å²) in [5.41, 5.74) is 2.58. The first-order chi connectivity index (χ1) is 9.56. The molecule has 1 aliphatic heterocycles. The van der Waals surface area contributed by atoms with Crippen LogP contribution >= 0.6 is 0 Å². The molecular formula is C16H30N4. The van der Waals surface area contributed by atoms with Crippen LogP contribution in [0.25, 0.3) is 0 Å². The predicted octanol–water partition coefficient (Wildman–Crippen LogP) is 2.59. The quantitative estimate of drug-likeness (QED) is 0.898. The molecule has 0 bridgehead atoms. The Hall–Kier alpha value is -1.03. The molecule has 2 atom stereocenters. The highest BCUT2D eigenvalue weighted by Gasteiger charge is 2.31. The number of rotatable bonds is 5. The van der Waals surface area contributed by atoms with Gasteiger partial charge in [0, 0.05) is 38.4 Å². The van der Waals surface area contributed by atoms with Gasteiger partial charge in [-0.05, 0) is 18.8 Å². The Morgan fingerprint density at radius 2 is 2.15 bits per heavy atom. The maximum Gasteiger partial charge on any atom is 0.0855 e. The largest absolute Gasteiger partial charge is 0.363 e. The number of hydrogen-bond donors (Lipinski definition) is 1. The van der Waals surface area contributed by atoms with Gasteiger partial charge in [-0.15, -0.1) is 0 Å². The Bertz CT molecular complexity index is 424. The van der Waals surface area contributed by atoms with Crippen molar-refractivity contribution in [2.24, 2.45) is 13.0 Å². The Morgan fingerprint density at radius 3 is 2.75 bits per heavy atom. The zero-order chi connectivity index (χ0) is 14.7. The second kappa shape index (κ2) is 6.61. The summed E-state index contributed by atoms with van der Waals surface area (Å²) < 4.78 is 1.96. The van der Waals surface area contributed by atoms with Gasteiger partial charge in [-0.2, -0.15) is 5.10 Å². The molecule has 2 unspecified atom stereocenters. The fourth-order valence-electron chi connectivity index (χ4n) is 3.26. The van der Waals surface area contributed by atoms with E-state index in [-0.39, 0.29) is 0 Å². The van der Waals surface area contributed by atoms with E-state index in [1.165, 1.54) is 24.2 Å². The second-order valence-corrected chi connectivity index (χ2v) is 6.35. The van der Waals surface area contributed by atoms with Crippen LogP contribution in [0, 0.1) is 5.92 Å². The average Bonchev–Trinajstić information content (AvgIpc) is 2.80. The monoisotopic (exact) mass is 278 g/mol. The van der Waals surface area contributed by atoms with E-state index in [4.69, 9.17) is 0 Å². The number of nitrogens with zero attached hydrogens (tertiary/aromatic N) is 3. The Morgan fingerprint density at radius 1 is 1.40 bits per heavy atom. The van der Waals surface area contributed by atoms with Gasteiger partial charge in [0.15, 0.2) is 0 Å². The normalized spacial score (nSPS) is 23.6. The van der Waals surface area contributed by atoms with E-state index >= 15 is 0 Å². The molecule has 1 aromatic rings. The molecule has 1 aliphatic rings. The zero-order valence-electron chi connectivity index (χ0n) is 13.7. The topological polar surface area (TPSA) is 33.1 Å². The molecule has 0 aliphatic carbocycles. The maximum atomic E-state index is 4.62. The van der Waals surface area contributed by atoms with Gasteiger partial charge >= 0.3 is 0 Å². The van der Waals surface area contributed by atoms with E-state index < -0.39 is 0 Å². The number of aromatic nitrogens is 2. The summed E-state index contributed by atoms with van der Waals surface area (Å²) in [6.07, 6.45) is 5.69. The summed E-state index contributed by atoms with van der Waals surface area (Å²) >= 11 is 0. The lowest BCUT2D eigenvalue weighted by atomic mass is 9.96. The summed E-state index contributed by atoms with van der Waals surface area (Å²) in [5, 5.41) is 8.35. The van der Waals surface area contributed by atoms with E-state index in [0.717, 1.165) is 19.5 Å². The van der Waals surface area contributed by atoms with Gasteiger partial charge in [0.05, 0.1) is 11.4 Å².